The second-order valence-electron chi connectivity index (χ2n) is 11.0. The molecular weight excluding hydrogens is 534 g/mol. The number of ether oxygens (including phenoxy) is 3. The number of benzene rings is 3. The topological polar surface area (TPSA) is 97.4 Å². The summed E-state index contributed by atoms with van der Waals surface area (Å²) in [5.41, 5.74) is 3.27. The van der Waals surface area contributed by atoms with Crippen LogP contribution < -0.4 is 19.7 Å². The van der Waals surface area contributed by atoms with Gasteiger partial charge in [0, 0.05) is 43.7 Å². The number of aryl methyl sites for hydroxylation is 1. The third kappa shape index (κ3) is 6.11. The summed E-state index contributed by atoms with van der Waals surface area (Å²) in [4.78, 5) is 42.3. The van der Waals surface area contributed by atoms with Crippen LogP contribution in [0.5, 0.6) is 17.2 Å². The van der Waals surface area contributed by atoms with Crippen LogP contribution in [-0.2, 0) is 27.4 Å². The smallest absolute Gasteiger partial charge is 0.253 e. The van der Waals surface area contributed by atoms with Crippen molar-refractivity contribution in [2.45, 2.75) is 50.9 Å². The highest BCUT2D eigenvalue weighted by Gasteiger charge is 2.34. The van der Waals surface area contributed by atoms with Crippen LogP contribution in [-0.4, -0.2) is 61.5 Å². The van der Waals surface area contributed by atoms with Crippen molar-refractivity contribution in [2.75, 3.05) is 31.6 Å². The summed E-state index contributed by atoms with van der Waals surface area (Å²) in [6.07, 6.45) is 2.56. The average Bonchev–Trinajstić information content (AvgIpc) is 3.44. The number of methoxy groups -OCH3 is 1. The van der Waals surface area contributed by atoms with Gasteiger partial charge in [-0.15, -0.1) is 0 Å². The maximum atomic E-state index is 13.5. The fraction of sp³-hybridized carbons (Fsp3) is 0.364. The number of carbonyl (C=O) groups excluding carboxylic acids is 3. The van der Waals surface area contributed by atoms with Crippen molar-refractivity contribution >= 4 is 23.4 Å². The molecule has 9 nitrogen and oxygen atoms in total. The summed E-state index contributed by atoms with van der Waals surface area (Å²) in [5.74, 6) is 1.79. The lowest BCUT2D eigenvalue weighted by molar-refractivity contribution is -0.124. The Kier molecular flexibility index (Phi) is 8.10. The van der Waals surface area contributed by atoms with E-state index in [0.29, 0.717) is 68.3 Å². The van der Waals surface area contributed by atoms with Crippen molar-refractivity contribution in [1.82, 2.24) is 10.2 Å². The van der Waals surface area contributed by atoms with E-state index in [2.05, 4.69) is 5.32 Å². The van der Waals surface area contributed by atoms with Gasteiger partial charge >= 0.3 is 0 Å². The maximum absolute atomic E-state index is 13.5. The monoisotopic (exact) mass is 569 g/mol. The lowest BCUT2D eigenvalue weighted by Gasteiger charge is -2.39. The van der Waals surface area contributed by atoms with Gasteiger partial charge < -0.3 is 29.3 Å². The Morgan fingerprint density at radius 2 is 1.81 bits per heavy atom. The van der Waals surface area contributed by atoms with Gasteiger partial charge in [-0.05, 0) is 78.9 Å². The second-order valence-corrected chi connectivity index (χ2v) is 11.0. The molecule has 0 aromatic heterocycles. The fourth-order valence-corrected chi connectivity index (χ4v) is 5.86. The molecule has 0 saturated carbocycles. The minimum atomic E-state index is -0.354. The van der Waals surface area contributed by atoms with Gasteiger partial charge in [0.15, 0.2) is 11.5 Å². The van der Waals surface area contributed by atoms with Gasteiger partial charge in [0.2, 0.25) is 11.8 Å². The Balaban J connectivity index is 1.19. The van der Waals surface area contributed by atoms with Crippen LogP contribution in [0.1, 0.15) is 47.2 Å². The number of hydrogen-bond acceptors (Lipinski definition) is 6. The van der Waals surface area contributed by atoms with Gasteiger partial charge in [0.05, 0.1) is 25.9 Å². The average molecular weight is 570 g/mol. The van der Waals surface area contributed by atoms with Crippen molar-refractivity contribution < 1.29 is 28.6 Å². The van der Waals surface area contributed by atoms with E-state index in [1.54, 1.807) is 29.0 Å². The molecule has 0 unspecified atom stereocenters. The fourth-order valence-electron chi connectivity index (χ4n) is 5.86. The van der Waals surface area contributed by atoms with Gasteiger partial charge in [-0.1, -0.05) is 18.2 Å². The van der Waals surface area contributed by atoms with Gasteiger partial charge in [-0.2, -0.15) is 0 Å². The van der Waals surface area contributed by atoms with Gasteiger partial charge in [0.1, 0.15) is 5.75 Å². The van der Waals surface area contributed by atoms with Crippen LogP contribution in [0.15, 0.2) is 66.7 Å². The molecule has 3 aromatic rings. The van der Waals surface area contributed by atoms with Crippen molar-refractivity contribution in [3.05, 3.63) is 83.4 Å². The number of nitrogens with one attached hydrogen (secondary N) is 1. The number of anilines is 1. The quantitative estimate of drug-likeness (QED) is 0.500. The van der Waals surface area contributed by atoms with E-state index in [-0.39, 0.29) is 36.3 Å². The summed E-state index contributed by atoms with van der Waals surface area (Å²) in [6.45, 7) is 1.91. The van der Waals surface area contributed by atoms with Crippen LogP contribution in [0.2, 0.25) is 0 Å². The molecule has 3 aliphatic heterocycles. The molecule has 0 radical (unpaired) electrons. The summed E-state index contributed by atoms with van der Waals surface area (Å²) in [7, 11) is 1.60. The normalized spacial score (nSPS) is 21.0. The van der Waals surface area contributed by atoms with Crippen LogP contribution in [0.25, 0.3) is 0 Å². The summed E-state index contributed by atoms with van der Waals surface area (Å²) in [5, 5.41) is 3.16. The predicted octanol–water partition coefficient (Wildman–Crippen LogP) is 4.48. The number of amides is 3. The highest BCUT2D eigenvalue weighted by atomic mass is 16.5. The zero-order valence-corrected chi connectivity index (χ0v) is 23.7. The number of nitrogens with zero attached hydrogens (tertiary/aromatic N) is 2. The molecule has 2 fully saturated rings. The first-order chi connectivity index (χ1) is 20.5. The Labute approximate surface area is 245 Å². The molecule has 2 atom stereocenters. The van der Waals surface area contributed by atoms with Crippen LogP contribution in [0, 0.1) is 0 Å². The van der Waals surface area contributed by atoms with E-state index in [1.807, 2.05) is 54.6 Å². The molecular formula is C33H35N3O6. The number of rotatable bonds is 3. The largest absolute Gasteiger partial charge is 0.493 e. The molecule has 2 saturated heterocycles. The zero-order chi connectivity index (χ0) is 29.1. The Morgan fingerprint density at radius 3 is 2.60 bits per heavy atom. The molecule has 0 aliphatic carbocycles. The van der Waals surface area contributed by atoms with E-state index >= 15 is 0 Å². The Hall–Kier alpha value is -4.37. The number of piperidine rings is 1. The predicted molar refractivity (Wildman–Crippen MR) is 157 cm³/mol. The lowest BCUT2D eigenvalue weighted by Crippen LogP contribution is -2.57. The third-order valence-corrected chi connectivity index (χ3v) is 8.14. The number of likely N-dealkylation sites (tertiary alicyclic amines) is 1. The highest BCUT2D eigenvalue weighted by molar-refractivity contribution is 5.97. The molecule has 3 aliphatic rings. The van der Waals surface area contributed by atoms with E-state index in [1.165, 1.54) is 0 Å². The van der Waals surface area contributed by atoms with Crippen LogP contribution in [0.3, 0.4) is 0 Å². The standard InChI is InChI=1S/C33H35N3O6/c1-40-29-13-7-22-8-14-31(37)34-27-20-35(33(39)24-9-11-25(12-10-24)36-16-3-6-32(36)38)17-15-28(27)41-21-23-4-2-5-26(18-23)42-30(29)19-22/h2,4-5,7,9-13,18-19,27-28H,3,6,8,14-17,20-21H2,1H3,(H,34,37)/t27-,28+/m0/s1. The van der Waals surface area contributed by atoms with Gasteiger partial charge in [-0.3, -0.25) is 14.4 Å². The minimum Gasteiger partial charge on any atom is -0.493 e. The molecule has 3 heterocycles. The number of carbonyl (C=O) groups is 3. The van der Waals surface area contributed by atoms with Crippen molar-refractivity contribution in [3.63, 3.8) is 0 Å². The molecule has 42 heavy (non-hydrogen) atoms. The van der Waals surface area contributed by atoms with Crippen molar-refractivity contribution in [1.29, 1.82) is 0 Å². The Morgan fingerprint density at radius 1 is 0.952 bits per heavy atom. The molecule has 1 N–H and O–H groups in total. The van der Waals surface area contributed by atoms with Gasteiger partial charge in [0.25, 0.3) is 5.91 Å². The summed E-state index contributed by atoms with van der Waals surface area (Å²) in [6, 6.07) is 20.3. The van der Waals surface area contributed by atoms with Gasteiger partial charge in [-0.25, -0.2) is 0 Å². The first-order valence-electron chi connectivity index (χ1n) is 14.5. The van der Waals surface area contributed by atoms with E-state index < -0.39 is 0 Å². The number of hydrogen-bond donors (Lipinski definition) is 1. The lowest BCUT2D eigenvalue weighted by atomic mass is 10.00. The van der Waals surface area contributed by atoms with Crippen LogP contribution in [0.4, 0.5) is 5.69 Å². The maximum Gasteiger partial charge on any atom is 0.253 e. The van der Waals surface area contributed by atoms with Crippen molar-refractivity contribution in [3.8, 4) is 17.2 Å². The van der Waals surface area contributed by atoms with E-state index in [4.69, 9.17) is 14.2 Å². The molecule has 3 amide bonds. The SMILES string of the molecule is COc1ccc2cc1Oc1cccc(c1)CO[C@@H]1CCN(C(=O)c3ccc(N4CCCC4=O)cc3)C[C@@H]1NC(=O)CC2. The molecule has 0 spiro atoms. The minimum absolute atomic E-state index is 0.101. The highest BCUT2D eigenvalue weighted by Crippen LogP contribution is 2.33. The molecule has 3 aromatic carbocycles. The van der Waals surface area contributed by atoms with E-state index in [9.17, 15) is 14.4 Å². The number of fused-ring (bicyclic) bond motifs is 5. The molecule has 6 rings (SSSR count). The first kappa shape index (κ1) is 27.8. The molecule has 9 heteroatoms. The third-order valence-electron chi connectivity index (χ3n) is 8.14. The Bertz CT molecular complexity index is 1470. The zero-order valence-electron chi connectivity index (χ0n) is 23.7. The summed E-state index contributed by atoms with van der Waals surface area (Å²) >= 11 is 0. The summed E-state index contributed by atoms with van der Waals surface area (Å²) < 4.78 is 18.0. The first-order valence-corrected chi connectivity index (χ1v) is 14.5. The van der Waals surface area contributed by atoms with E-state index in [0.717, 1.165) is 23.2 Å². The second kappa shape index (κ2) is 12.2. The molecule has 4 bridgehead atoms. The van der Waals surface area contributed by atoms with Crippen molar-refractivity contribution in [2.24, 2.45) is 0 Å². The molecule has 218 valence electrons. The van der Waals surface area contributed by atoms with Crippen LogP contribution >= 0.6 is 0 Å².